The van der Waals surface area contributed by atoms with Crippen LogP contribution in [0.2, 0.25) is 0 Å². The highest BCUT2D eigenvalue weighted by atomic mass is 16.6. The van der Waals surface area contributed by atoms with Crippen LogP contribution in [0.1, 0.15) is 66.4 Å². The minimum absolute atomic E-state index is 0.0605. The fraction of sp³-hybridized carbons (Fsp3) is 0.542. The molecule has 0 saturated carbocycles. The maximum absolute atomic E-state index is 12.6. The van der Waals surface area contributed by atoms with E-state index in [0.29, 0.717) is 25.0 Å². The summed E-state index contributed by atoms with van der Waals surface area (Å²) in [5, 5.41) is 2.59. The number of hydrogen-bond acceptors (Lipinski definition) is 5. The van der Waals surface area contributed by atoms with E-state index in [1.807, 2.05) is 71.9 Å². The van der Waals surface area contributed by atoms with Crippen LogP contribution in [0.15, 0.2) is 42.2 Å². The Hall–Kier alpha value is -2.63. The molecule has 1 aliphatic rings. The number of alkyl carbamates (subject to hydrolysis) is 1. The van der Waals surface area contributed by atoms with E-state index in [-0.39, 0.29) is 23.7 Å². The number of hydrogen-bond donors (Lipinski definition) is 1. The Morgan fingerprint density at radius 2 is 1.73 bits per heavy atom. The quantitative estimate of drug-likeness (QED) is 0.619. The first-order chi connectivity index (χ1) is 14.1. The van der Waals surface area contributed by atoms with Gasteiger partial charge in [-0.3, -0.25) is 4.79 Å². The Kier molecular flexibility index (Phi) is 10.3. The standard InChI is InChI=1S/C22H29NO5.C2H6/c1-15(2)10-19(23-21(26)27-14-16-8-6-5-7-9-16)20(25)28-18-11-17(24)12-22(3,4)13-18;1-2/h5-9,11,15,19H,10,12-14H2,1-4H3,(H,23,26);1-2H3/t19-;/m0./s1. The number of amides is 1. The van der Waals surface area contributed by atoms with Gasteiger partial charge in [0.15, 0.2) is 5.78 Å². The van der Waals surface area contributed by atoms with Gasteiger partial charge in [-0.15, -0.1) is 0 Å². The molecular weight excluding hydrogens is 382 g/mol. The lowest BCUT2D eigenvalue weighted by atomic mass is 9.79. The van der Waals surface area contributed by atoms with Gasteiger partial charge in [0.1, 0.15) is 18.4 Å². The summed E-state index contributed by atoms with van der Waals surface area (Å²) in [4.78, 5) is 36.6. The van der Waals surface area contributed by atoms with Gasteiger partial charge >= 0.3 is 12.1 Å². The lowest BCUT2D eigenvalue weighted by Gasteiger charge is -2.29. The van der Waals surface area contributed by atoms with E-state index >= 15 is 0 Å². The van der Waals surface area contributed by atoms with Crippen LogP contribution in [0.3, 0.4) is 0 Å². The molecule has 0 saturated heterocycles. The lowest BCUT2D eigenvalue weighted by molar-refractivity contribution is -0.143. The van der Waals surface area contributed by atoms with Crippen LogP contribution < -0.4 is 5.32 Å². The van der Waals surface area contributed by atoms with Crippen molar-refractivity contribution in [1.29, 1.82) is 0 Å². The lowest BCUT2D eigenvalue weighted by Crippen LogP contribution is -2.43. The van der Waals surface area contributed by atoms with Crippen LogP contribution in [-0.4, -0.2) is 23.9 Å². The SMILES string of the molecule is CC.CC(C)C[C@H](NC(=O)OCc1ccccc1)C(=O)OC1=CC(=O)CC(C)(C)C1. The van der Waals surface area contributed by atoms with Crippen molar-refractivity contribution in [2.24, 2.45) is 11.3 Å². The van der Waals surface area contributed by atoms with Gasteiger partial charge in [0.25, 0.3) is 0 Å². The normalized spacial score (nSPS) is 16.0. The molecule has 1 aromatic rings. The van der Waals surface area contributed by atoms with Crippen molar-refractivity contribution in [3.63, 3.8) is 0 Å². The van der Waals surface area contributed by atoms with E-state index in [4.69, 9.17) is 9.47 Å². The average molecular weight is 418 g/mol. The number of rotatable bonds is 7. The summed E-state index contributed by atoms with van der Waals surface area (Å²) in [7, 11) is 0. The monoisotopic (exact) mass is 417 g/mol. The van der Waals surface area contributed by atoms with Gasteiger partial charge in [-0.25, -0.2) is 9.59 Å². The molecule has 2 rings (SSSR count). The van der Waals surface area contributed by atoms with Gasteiger partial charge in [-0.1, -0.05) is 71.9 Å². The number of carbonyl (C=O) groups excluding carboxylic acids is 3. The zero-order valence-electron chi connectivity index (χ0n) is 19.0. The van der Waals surface area contributed by atoms with Crippen molar-refractivity contribution in [2.75, 3.05) is 0 Å². The minimum atomic E-state index is -0.843. The molecule has 1 N–H and O–H groups in total. The first-order valence-corrected chi connectivity index (χ1v) is 10.6. The van der Waals surface area contributed by atoms with Gasteiger partial charge in [-0.05, 0) is 23.3 Å². The summed E-state index contributed by atoms with van der Waals surface area (Å²) in [6, 6.07) is 8.45. The minimum Gasteiger partial charge on any atom is -0.445 e. The number of esters is 1. The van der Waals surface area contributed by atoms with E-state index in [1.165, 1.54) is 6.08 Å². The molecule has 6 heteroatoms. The Balaban J connectivity index is 0.00000218. The van der Waals surface area contributed by atoms with Crippen molar-refractivity contribution >= 4 is 17.8 Å². The van der Waals surface area contributed by atoms with E-state index in [1.54, 1.807) is 0 Å². The molecule has 6 nitrogen and oxygen atoms in total. The maximum Gasteiger partial charge on any atom is 0.408 e. The number of ether oxygens (including phenoxy) is 2. The van der Waals surface area contributed by atoms with E-state index in [0.717, 1.165) is 5.56 Å². The predicted octanol–water partition coefficient (Wildman–Crippen LogP) is 5.17. The molecule has 1 aromatic carbocycles. The average Bonchev–Trinajstić information content (AvgIpc) is 2.66. The summed E-state index contributed by atoms with van der Waals surface area (Å²) < 4.78 is 10.7. The molecule has 1 amide bonds. The number of benzene rings is 1. The largest absolute Gasteiger partial charge is 0.445 e. The second-order valence-corrected chi connectivity index (χ2v) is 8.40. The summed E-state index contributed by atoms with van der Waals surface area (Å²) in [5.74, 6) is -0.137. The third kappa shape index (κ3) is 9.25. The van der Waals surface area contributed by atoms with Crippen LogP contribution in [0.4, 0.5) is 4.79 Å². The second-order valence-electron chi connectivity index (χ2n) is 8.40. The van der Waals surface area contributed by atoms with Crippen LogP contribution in [0, 0.1) is 11.3 Å². The molecular formula is C24H35NO5. The fourth-order valence-corrected chi connectivity index (χ4v) is 3.15. The van der Waals surface area contributed by atoms with Crippen LogP contribution in [0.25, 0.3) is 0 Å². The molecule has 0 aliphatic heterocycles. The summed E-state index contributed by atoms with van der Waals surface area (Å²) in [5.41, 5.74) is 0.602. The first-order valence-electron chi connectivity index (χ1n) is 10.6. The number of ketones is 1. The first kappa shape index (κ1) is 25.4. The molecule has 1 aliphatic carbocycles. The number of carbonyl (C=O) groups is 3. The Morgan fingerprint density at radius 3 is 2.30 bits per heavy atom. The zero-order valence-corrected chi connectivity index (χ0v) is 19.0. The van der Waals surface area contributed by atoms with Crippen molar-refractivity contribution in [3.8, 4) is 0 Å². The Bertz CT molecular complexity index is 737. The molecule has 0 heterocycles. The summed E-state index contributed by atoms with van der Waals surface area (Å²) in [6.07, 6.45) is 2.03. The van der Waals surface area contributed by atoms with Gasteiger partial charge in [-0.2, -0.15) is 0 Å². The van der Waals surface area contributed by atoms with Crippen molar-refractivity contribution in [1.82, 2.24) is 5.32 Å². The second kappa shape index (κ2) is 12.2. The zero-order chi connectivity index (χ0) is 22.7. The van der Waals surface area contributed by atoms with Gasteiger partial charge in [0.2, 0.25) is 0 Å². The third-order valence-electron chi connectivity index (χ3n) is 4.36. The molecule has 30 heavy (non-hydrogen) atoms. The molecule has 0 spiro atoms. The Morgan fingerprint density at radius 1 is 1.10 bits per heavy atom. The molecule has 0 bridgehead atoms. The summed E-state index contributed by atoms with van der Waals surface area (Å²) in [6.45, 7) is 11.9. The topological polar surface area (TPSA) is 81.7 Å². The maximum atomic E-state index is 12.6. The molecule has 1 atom stereocenters. The molecule has 0 radical (unpaired) electrons. The van der Waals surface area contributed by atoms with Crippen molar-refractivity contribution in [3.05, 3.63) is 47.7 Å². The summed E-state index contributed by atoms with van der Waals surface area (Å²) >= 11 is 0. The third-order valence-corrected chi connectivity index (χ3v) is 4.36. The molecule has 166 valence electrons. The predicted molar refractivity (Wildman–Crippen MR) is 117 cm³/mol. The highest BCUT2D eigenvalue weighted by molar-refractivity contribution is 5.92. The fourth-order valence-electron chi connectivity index (χ4n) is 3.15. The highest BCUT2D eigenvalue weighted by Gasteiger charge is 2.31. The van der Waals surface area contributed by atoms with E-state index in [2.05, 4.69) is 5.32 Å². The van der Waals surface area contributed by atoms with Gasteiger partial charge in [0, 0.05) is 18.9 Å². The van der Waals surface area contributed by atoms with Gasteiger partial charge < -0.3 is 14.8 Å². The Labute approximate surface area is 180 Å². The number of allylic oxidation sites excluding steroid dienone is 2. The molecule has 0 fully saturated rings. The van der Waals surface area contributed by atoms with Crippen molar-refractivity contribution in [2.45, 2.75) is 73.5 Å². The molecule has 0 unspecified atom stereocenters. The van der Waals surface area contributed by atoms with Crippen LogP contribution >= 0.6 is 0 Å². The van der Waals surface area contributed by atoms with E-state index < -0.39 is 18.1 Å². The van der Waals surface area contributed by atoms with Crippen LogP contribution in [-0.2, 0) is 25.7 Å². The van der Waals surface area contributed by atoms with E-state index in [9.17, 15) is 14.4 Å². The number of nitrogens with one attached hydrogen (secondary N) is 1. The molecule has 0 aromatic heterocycles. The van der Waals surface area contributed by atoms with Crippen molar-refractivity contribution < 1.29 is 23.9 Å². The van der Waals surface area contributed by atoms with Crippen LogP contribution in [0.5, 0.6) is 0 Å². The van der Waals surface area contributed by atoms with Gasteiger partial charge in [0.05, 0.1) is 0 Å². The highest BCUT2D eigenvalue weighted by Crippen LogP contribution is 2.34. The smallest absolute Gasteiger partial charge is 0.408 e.